The number of nitrogens with one attached hydrogen (secondary N) is 1. The largest absolute Gasteiger partial charge is 0.381 e. The minimum absolute atomic E-state index is 0.471. The van der Waals surface area contributed by atoms with Crippen LogP contribution in [0.2, 0.25) is 0 Å². The molecule has 0 aliphatic heterocycles. The molecular formula is C14H29NO2. The van der Waals surface area contributed by atoms with E-state index in [9.17, 15) is 0 Å². The molecule has 0 spiro atoms. The van der Waals surface area contributed by atoms with E-state index in [1.165, 1.54) is 25.7 Å². The molecule has 1 N–H and O–H groups in total. The topological polar surface area (TPSA) is 30.5 Å². The highest BCUT2D eigenvalue weighted by Crippen LogP contribution is 2.20. The third-order valence-electron chi connectivity index (χ3n) is 3.31. The monoisotopic (exact) mass is 243 g/mol. The van der Waals surface area contributed by atoms with Crippen LogP contribution in [0.25, 0.3) is 0 Å². The van der Waals surface area contributed by atoms with Crippen molar-refractivity contribution >= 4 is 0 Å². The summed E-state index contributed by atoms with van der Waals surface area (Å²) in [6.07, 6.45) is 6.57. The molecule has 17 heavy (non-hydrogen) atoms. The zero-order valence-corrected chi connectivity index (χ0v) is 11.7. The summed E-state index contributed by atoms with van der Waals surface area (Å²) in [6.45, 7) is 7.20. The Morgan fingerprint density at radius 1 is 1.29 bits per heavy atom. The summed E-state index contributed by atoms with van der Waals surface area (Å²) in [4.78, 5) is 0. The van der Waals surface area contributed by atoms with Gasteiger partial charge in [0, 0.05) is 26.4 Å². The molecule has 0 saturated heterocycles. The maximum absolute atomic E-state index is 5.56. The van der Waals surface area contributed by atoms with Crippen molar-refractivity contribution in [3.8, 4) is 0 Å². The van der Waals surface area contributed by atoms with E-state index in [4.69, 9.17) is 9.47 Å². The van der Waals surface area contributed by atoms with Gasteiger partial charge in [-0.15, -0.1) is 0 Å². The number of ether oxygens (including phenoxy) is 2. The summed E-state index contributed by atoms with van der Waals surface area (Å²) < 4.78 is 11.0. The van der Waals surface area contributed by atoms with Gasteiger partial charge < -0.3 is 14.8 Å². The summed E-state index contributed by atoms with van der Waals surface area (Å²) >= 11 is 0. The quantitative estimate of drug-likeness (QED) is 0.665. The predicted molar refractivity (Wildman–Crippen MR) is 71.3 cm³/mol. The number of rotatable bonds is 8. The first-order valence-corrected chi connectivity index (χ1v) is 7.06. The molecule has 0 aromatic rings. The summed E-state index contributed by atoms with van der Waals surface area (Å²) in [5.41, 5.74) is 0. The van der Waals surface area contributed by atoms with Crippen LogP contribution in [0.3, 0.4) is 0 Å². The first-order chi connectivity index (χ1) is 8.22. The zero-order valence-electron chi connectivity index (χ0n) is 11.7. The zero-order chi connectivity index (χ0) is 12.5. The molecule has 0 aromatic carbocycles. The van der Waals surface area contributed by atoms with Crippen molar-refractivity contribution in [1.29, 1.82) is 0 Å². The fraction of sp³-hybridized carbons (Fsp3) is 1.00. The molecule has 1 saturated carbocycles. The molecule has 0 aromatic heterocycles. The average molecular weight is 243 g/mol. The minimum atomic E-state index is 0.471. The Bertz CT molecular complexity index is 185. The number of hydrogen-bond donors (Lipinski definition) is 1. The number of hydrogen-bond acceptors (Lipinski definition) is 3. The van der Waals surface area contributed by atoms with E-state index in [0.29, 0.717) is 18.1 Å². The van der Waals surface area contributed by atoms with Gasteiger partial charge in [-0.2, -0.15) is 0 Å². The Balaban J connectivity index is 1.95. The van der Waals surface area contributed by atoms with E-state index in [0.717, 1.165) is 26.2 Å². The fourth-order valence-corrected chi connectivity index (χ4v) is 2.34. The predicted octanol–water partition coefficient (Wildman–Crippen LogP) is 2.60. The summed E-state index contributed by atoms with van der Waals surface area (Å²) in [7, 11) is 1.83. The second-order valence-corrected chi connectivity index (χ2v) is 5.50. The molecule has 1 fully saturated rings. The Hall–Kier alpha value is -0.120. The van der Waals surface area contributed by atoms with E-state index in [2.05, 4.69) is 19.2 Å². The lowest BCUT2D eigenvalue weighted by Crippen LogP contribution is -2.37. The van der Waals surface area contributed by atoms with Gasteiger partial charge in [0.2, 0.25) is 0 Å². The lowest BCUT2D eigenvalue weighted by Gasteiger charge is -2.28. The first kappa shape index (κ1) is 14.9. The van der Waals surface area contributed by atoms with Crippen molar-refractivity contribution in [3.63, 3.8) is 0 Å². The molecule has 0 amide bonds. The van der Waals surface area contributed by atoms with Crippen molar-refractivity contribution in [2.24, 2.45) is 5.92 Å². The van der Waals surface area contributed by atoms with E-state index in [1.807, 2.05) is 7.11 Å². The third-order valence-corrected chi connectivity index (χ3v) is 3.31. The van der Waals surface area contributed by atoms with Crippen LogP contribution in [0, 0.1) is 5.92 Å². The van der Waals surface area contributed by atoms with Gasteiger partial charge in [0.05, 0.1) is 6.10 Å². The van der Waals surface area contributed by atoms with Crippen molar-refractivity contribution in [2.45, 2.75) is 58.1 Å². The van der Waals surface area contributed by atoms with Crippen LogP contribution >= 0.6 is 0 Å². The normalized spacial score (nSPS) is 25.4. The highest BCUT2D eigenvalue weighted by Gasteiger charge is 2.20. The van der Waals surface area contributed by atoms with Crippen molar-refractivity contribution < 1.29 is 9.47 Å². The standard InChI is InChI=1S/C14H29NO2/c1-12(2)11-17-9-5-8-15-13-6-4-7-14(10-13)16-3/h12-15H,4-11H2,1-3H3. The third kappa shape index (κ3) is 7.02. The highest BCUT2D eigenvalue weighted by atomic mass is 16.5. The molecule has 2 atom stereocenters. The summed E-state index contributed by atoms with van der Waals surface area (Å²) in [6, 6.07) is 0.652. The second-order valence-electron chi connectivity index (χ2n) is 5.50. The molecule has 1 rings (SSSR count). The van der Waals surface area contributed by atoms with Crippen molar-refractivity contribution in [1.82, 2.24) is 5.32 Å². The molecule has 3 heteroatoms. The van der Waals surface area contributed by atoms with Crippen LogP contribution in [0.15, 0.2) is 0 Å². The van der Waals surface area contributed by atoms with E-state index >= 15 is 0 Å². The van der Waals surface area contributed by atoms with Gasteiger partial charge in [0.25, 0.3) is 0 Å². The van der Waals surface area contributed by atoms with Gasteiger partial charge in [-0.05, 0) is 44.6 Å². The van der Waals surface area contributed by atoms with Crippen LogP contribution in [0.5, 0.6) is 0 Å². The molecule has 3 nitrogen and oxygen atoms in total. The lowest BCUT2D eigenvalue weighted by atomic mass is 9.93. The average Bonchev–Trinajstić information content (AvgIpc) is 2.33. The van der Waals surface area contributed by atoms with Crippen molar-refractivity contribution in [2.75, 3.05) is 26.9 Å². The highest BCUT2D eigenvalue weighted by molar-refractivity contribution is 4.78. The maximum atomic E-state index is 5.56. The molecular weight excluding hydrogens is 214 g/mol. The van der Waals surface area contributed by atoms with E-state index < -0.39 is 0 Å². The Labute approximate surface area is 106 Å². The first-order valence-electron chi connectivity index (χ1n) is 7.06. The second kappa shape index (κ2) is 8.90. The van der Waals surface area contributed by atoms with Gasteiger partial charge in [-0.3, -0.25) is 0 Å². The maximum Gasteiger partial charge on any atom is 0.0586 e. The smallest absolute Gasteiger partial charge is 0.0586 e. The molecule has 0 heterocycles. The minimum Gasteiger partial charge on any atom is -0.381 e. The molecule has 1 aliphatic rings. The van der Waals surface area contributed by atoms with Crippen molar-refractivity contribution in [3.05, 3.63) is 0 Å². The van der Waals surface area contributed by atoms with E-state index in [-0.39, 0.29) is 0 Å². The van der Waals surface area contributed by atoms with Crippen LogP contribution in [0.4, 0.5) is 0 Å². The van der Waals surface area contributed by atoms with Crippen LogP contribution in [0.1, 0.15) is 46.0 Å². The molecule has 1 aliphatic carbocycles. The molecule has 0 radical (unpaired) electrons. The number of methoxy groups -OCH3 is 1. The molecule has 2 unspecified atom stereocenters. The van der Waals surface area contributed by atoms with Gasteiger partial charge in [0.1, 0.15) is 0 Å². The van der Waals surface area contributed by atoms with Gasteiger partial charge in [0.15, 0.2) is 0 Å². The van der Waals surface area contributed by atoms with Gasteiger partial charge in [-0.25, -0.2) is 0 Å². The SMILES string of the molecule is COC1CCCC(NCCCOCC(C)C)C1. The fourth-order valence-electron chi connectivity index (χ4n) is 2.34. The van der Waals surface area contributed by atoms with Crippen LogP contribution in [-0.2, 0) is 9.47 Å². The molecule has 102 valence electrons. The van der Waals surface area contributed by atoms with Gasteiger partial charge >= 0.3 is 0 Å². The Morgan fingerprint density at radius 3 is 2.82 bits per heavy atom. The molecule has 0 bridgehead atoms. The van der Waals surface area contributed by atoms with E-state index in [1.54, 1.807) is 0 Å². The van der Waals surface area contributed by atoms with Crippen LogP contribution < -0.4 is 5.32 Å². The summed E-state index contributed by atoms with van der Waals surface area (Å²) in [5, 5.41) is 3.61. The summed E-state index contributed by atoms with van der Waals surface area (Å²) in [5.74, 6) is 0.642. The Kier molecular flexibility index (Phi) is 7.82. The van der Waals surface area contributed by atoms with Crippen LogP contribution in [-0.4, -0.2) is 39.0 Å². The lowest BCUT2D eigenvalue weighted by molar-refractivity contribution is 0.0579. The van der Waals surface area contributed by atoms with Gasteiger partial charge in [-0.1, -0.05) is 13.8 Å². The Morgan fingerprint density at radius 2 is 2.12 bits per heavy atom.